The standard InChI is InChI=1S/C10H14N2O3/c1-10(2,3)7-6(9(14)15)8(13)12(4)5-11-7/h5H,1-4H3,(H,14,15). The first-order chi connectivity index (χ1) is 6.75. The molecule has 0 unspecified atom stereocenters. The first-order valence-corrected chi connectivity index (χ1v) is 4.54. The maximum absolute atomic E-state index is 11.6. The molecule has 0 aliphatic carbocycles. The number of aryl methyl sites for hydroxylation is 1. The van der Waals surface area contributed by atoms with Crippen molar-refractivity contribution in [3.8, 4) is 0 Å². The zero-order valence-corrected chi connectivity index (χ0v) is 9.24. The number of rotatable bonds is 1. The van der Waals surface area contributed by atoms with E-state index in [0.717, 1.165) is 0 Å². The van der Waals surface area contributed by atoms with Gasteiger partial charge in [-0.3, -0.25) is 4.79 Å². The van der Waals surface area contributed by atoms with E-state index in [9.17, 15) is 9.59 Å². The van der Waals surface area contributed by atoms with Crippen LogP contribution in [0.1, 0.15) is 36.8 Å². The summed E-state index contributed by atoms with van der Waals surface area (Å²) in [6.45, 7) is 5.46. The second-order valence-corrected chi connectivity index (χ2v) is 4.44. The van der Waals surface area contributed by atoms with Crippen molar-refractivity contribution in [2.45, 2.75) is 26.2 Å². The quantitative estimate of drug-likeness (QED) is 0.743. The first kappa shape index (κ1) is 11.4. The third-order valence-corrected chi connectivity index (χ3v) is 2.06. The number of aromatic carboxylic acids is 1. The predicted octanol–water partition coefficient (Wildman–Crippen LogP) is 0.776. The van der Waals surface area contributed by atoms with Crippen LogP contribution in [0.2, 0.25) is 0 Å². The predicted molar refractivity (Wildman–Crippen MR) is 55.1 cm³/mol. The summed E-state index contributed by atoms with van der Waals surface area (Å²) in [4.78, 5) is 26.6. The van der Waals surface area contributed by atoms with Crippen LogP contribution in [0.5, 0.6) is 0 Å². The van der Waals surface area contributed by atoms with Crippen LogP contribution in [-0.2, 0) is 12.5 Å². The van der Waals surface area contributed by atoms with Gasteiger partial charge in [0.05, 0.1) is 12.0 Å². The average Bonchev–Trinajstić information content (AvgIpc) is 2.06. The molecule has 0 saturated heterocycles. The molecule has 82 valence electrons. The Kier molecular flexibility index (Phi) is 2.66. The van der Waals surface area contributed by atoms with Gasteiger partial charge in [-0.1, -0.05) is 20.8 Å². The Bertz CT molecular complexity index is 455. The summed E-state index contributed by atoms with van der Waals surface area (Å²) >= 11 is 0. The minimum absolute atomic E-state index is 0.243. The van der Waals surface area contributed by atoms with Crippen molar-refractivity contribution < 1.29 is 9.90 Å². The van der Waals surface area contributed by atoms with E-state index in [2.05, 4.69) is 4.98 Å². The van der Waals surface area contributed by atoms with E-state index in [1.165, 1.54) is 17.9 Å². The smallest absolute Gasteiger partial charge is 0.343 e. The van der Waals surface area contributed by atoms with Crippen LogP contribution < -0.4 is 5.56 Å². The fraction of sp³-hybridized carbons (Fsp3) is 0.500. The molecule has 1 aromatic rings. The van der Waals surface area contributed by atoms with Crippen LogP contribution in [-0.4, -0.2) is 20.6 Å². The van der Waals surface area contributed by atoms with E-state index in [1.54, 1.807) is 0 Å². The molecule has 0 bridgehead atoms. The Hall–Kier alpha value is -1.65. The van der Waals surface area contributed by atoms with Crippen LogP contribution in [0, 0.1) is 0 Å². The van der Waals surface area contributed by atoms with Crippen LogP contribution >= 0.6 is 0 Å². The van der Waals surface area contributed by atoms with E-state index < -0.39 is 16.9 Å². The van der Waals surface area contributed by atoms with Gasteiger partial charge in [-0.25, -0.2) is 9.78 Å². The minimum atomic E-state index is -1.23. The largest absolute Gasteiger partial charge is 0.477 e. The zero-order chi connectivity index (χ0) is 11.8. The van der Waals surface area contributed by atoms with Crippen molar-refractivity contribution >= 4 is 5.97 Å². The Morgan fingerprint density at radius 2 is 2.00 bits per heavy atom. The molecule has 0 fully saturated rings. The van der Waals surface area contributed by atoms with Crippen LogP contribution in [0.3, 0.4) is 0 Å². The molecule has 5 nitrogen and oxygen atoms in total. The Labute approximate surface area is 87.4 Å². The van der Waals surface area contributed by atoms with Crippen molar-refractivity contribution in [1.29, 1.82) is 0 Å². The van der Waals surface area contributed by atoms with Gasteiger partial charge in [0.2, 0.25) is 0 Å². The van der Waals surface area contributed by atoms with Gasteiger partial charge in [0.25, 0.3) is 5.56 Å². The molecule has 0 aliphatic rings. The van der Waals surface area contributed by atoms with Gasteiger partial charge in [0.15, 0.2) is 0 Å². The summed E-state index contributed by atoms with van der Waals surface area (Å²) in [6.07, 6.45) is 1.34. The van der Waals surface area contributed by atoms with Gasteiger partial charge in [0, 0.05) is 12.5 Å². The normalized spacial score (nSPS) is 11.5. The molecule has 0 amide bonds. The number of hydrogen-bond donors (Lipinski definition) is 1. The number of aromatic nitrogens is 2. The number of carboxylic acid groups (broad SMARTS) is 1. The molecule has 1 aromatic heterocycles. The SMILES string of the molecule is Cn1cnc(C(C)(C)C)c(C(=O)O)c1=O. The lowest BCUT2D eigenvalue weighted by Gasteiger charge is -2.19. The molecule has 1 heterocycles. The van der Waals surface area contributed by atoms with Gasteiger partial charge in [0.1, 0.15) is 5.56 Å². The first-order valence-electron chi connectivity index (χ1n) is 4.54. The Balaban J connectivity index is 3.63. The van der Waals surface area contributed by atoms with E-state index >= 15 is 0 Å². The van der Waals surface area contributed by atoms with E-state index in [1.807, 2.05) is 20.8 Å². The van der Waals surface area contributed by atoms with E-state index in [0.29, 0.717) is 5.69 Å². The van der Waals surface area contributed by atoms with E-state index in [-0.39, 0.29) is 5.56 Å². The van der Waals surface area contributed by atoms with Crippen molar-refractivity contribution in [1.82, 2.24) is 9.55 Å². The fourth-order valence-electron chi connectivity index (χ4n) is 1.30. The summed E-state index contributed by atoms with van der Waals surface area (Å²) in [5.74, 6) is -1.23. The van der Waals surface area contributed by atoms with Crippen molar-refractivity contribution in [2.75, 3.05) is 0 Å². The third kappa shape index (κ3) is 2.06. The lowest BCUT2D eigenvalue weighted by Crippen LogP contribution is -2.31. The topological polar surface area (TPSA) is 72.2 Å². The molecule has 5 heteroatoms. The maximum Gasteiger partial charge on any atom is 0.343 e. The van der Waals surface area contributed by atoms with Gasteiger partial charge in [-0.05, 0) is 0 Å². The molecular formula is C10H14N2O3. The molecule has 0 radical (unpaired) electrons. The molecule has 0 atom stereocenters. The summed E-state index contributed by atoms with van der Waals surface area (Å²) in [5.41, 5.74) is -0.908. The van der Waals surface area contributed by atoms with Gasteiger partial charge in [-0.2, -0.15) is 0 Å². The monoisotopic (exact) mass is 210 g/mol. The number of nitrogens with zero attached hydrogens (tertiary/aromatic N) is 2. The van der Waals surface area contributed by atoms with Crippen molar-refractivity contribution in [3.05, 3.63) is 27.9 Å². The molecule has 0 aliphatic heterocycles. The number of carboxylic acids is 1. The molecule has 1 N–H and O–H groups in total. The molecule has 0 aromatic carbocycles. The maximum atomic E-state index is 11.6. The molecular weight excluding hydrogens is 196 g/mol. The Morgan fingerprint density at radius 1 is 1.47 bits per heavy atom. The Morgan fingerprint density at radius 3 is 2.40 bits per heavy atom. The molecule has 1 rings (SSSR count). The zero-order valence-electron chi connectivity index (χ0n) is 9.24. The van der Waals surface area contributed by atoms with Crippen LogP contribution in [0.4, 0.5) is 0 Å². The minimum Gasteiger partial charge on any atom is -0.477 e. The van der Waals surface area contributed by atoms with Gasteiger partial charge in [-0.15, -0.1) is 0 Å². The second kappa shape index (κ2) is 3.49. The highest BCUT2D eigenvalue weighted by Crippen LogP contribution is 2.21. The summed E-state index contributed by atoms with van der Waals surface area (Å²) < 4.78 is 1.17. The highest BCUT2D eigenvalue weighted by Gasteiger charge is 2.26. The second-order valence-electron chi connectivity index (χ2n) is 4.44. The van der Waals surface area contributed by atoms with Crippen molar-refractivity contribution in [2.24, 2.45) is 7.05 Å². The third-order valence-electron chi connectivity index (χ3n) is 2.06. The molecule has 15 heavy (non-hydrogen) atoms. The fourth-order valence-corrected chi connectivity index (χ4v) is 1.30. The van der Waals surface area contributed by atoms with E-state index in [4.69, 9.17) is 5.11 Å². The summed E-state index contributed by atoms with van der Waals surface area (Å²) in [7, 11) is 1.48. The van der Waals surface area contributed by atoms with Gasteiger partial charge < -0.3 is 9.67 Å². The summed E-state index contributed by atoms with van der Waals surface area (Å²) in [5, 5.41) is 8.98. The number of hydrogen-bond acceptors (Lipinski definition) is 3. The van der Waals surface area contributed by atoms with Crippen molar-refractivity contribution in [3.63, 3.8) is 0 Å². The summed E-state index contributed by atoms with van der Waals surface area (Å²) in [6, 6.07) is 0. The lowest BCUT2D eigenvalue weighted by atomic mass is 9.89. The number of carbonyl (C=O) groups is 1. The lowest BCUT2D eigenvalue weighted by molar-refractivity contribution is 0.0690. The van der Waals surface area contributed by atoms with Crippen LogP contribution in [0.15, 0.2) is 11.1 Å². The highest BCUT2D eigenvalue weighted by atomic mass is 16.4. The van der Waals surface area contributed by atoms with Crippen LogP contribution in [0.25, 0.3) is 0 Å². The molecule has 0 saturated carbocycles. The molecule has 0 spiro atoms. The average molecular weight is 210 g/mol. The highest BCUT2D eigenvalue weighted by molar-refractivity contribution is 5.88. The van der Waals surface area contributed by atoms with Gasteiger partial charge >= 0.3 is 5.97 Å².